The second-order valence-corrected chi connectivity index (χ2v) is 7.60. The van der Waals surface area contributed by atoms with Gasteiger partial charge < -0.3 is 20.1 Å². The molecule has 0 bridgehead atoms. The number of ether oxygens (including phenoxy) is 2. The van der Waals surface area contributed by atoms with Crippen molar-refractivity contribution in [1.82, 2.24) is 10.6 Å². The maximum atomic E-state index is 12.2. The number of amides is 2. The summed E-state index contributed by atoms with van der Waals surface area (Å²) in [6.45, 7) is 9.33. The molecular formula is C23H30N2O4. The topological polar surface area (TPSA) is 76.7 Å². The molecule has 0 aromatic heterocycles. The SMILES string of the molecule is CCOc1ccccc1OCC(=O)NCCNC(=O)c1ccc(C(C)(C)C)cc1. The summed E-state index contributed by atoms with van der Waals surface area (Å²) >= 11 is 0. The zero-order valence-electron chi connectivity index (χ0n) is 17.6. The lowest BCUT2D eigenvalue weighted by molar-refractivity contribution is -0.123. The summed E-state index contributed by atoms with van der Waals surface area (Å²) in [7, 11) is 0. The summed E-state index contributed by atoms with van der Waals surface area (Å²) in [5, 5.41) is 5.52. The van der Waals surface area contributed by atoms with Gasteiger partial charge in [0.1, 0.15) is 0 Å². The Kier molecular flexibility index (Phi) is 8.07. The van der Waals surface area contributed by atoms with Gasteiger partial charge in [0.25, 0.3) is 11.8 Å². The van der Waals surface area contributed by atoms with Gasteiger partial charge in [0.15, 0.2) is 18.1 Å². The molecule has 0 saturated heterocycles. The van der Waals surface area contributed by atoms with Crippen molar-refractivity contribution in [3.05, 3.63) is 59.7 Å². The summed E-state index contributed by atoms with van der Waals surface area (Å²) in [4.78, 5) is 24.1. The van der Waals surface area contributed by atoms with E-state index in [0.717, 1.165) is 0 Å². The molecule has 156 valence electrons. The molecule has 0 heterocycles. The Balaban J connectivity index is 1.71. The van der Waals surface area contributed by atoms with Crippen LogP contribution in [0.1, 0.15) is 43.6 Å². The predicted molar refractivity (Wildman–Crippen MR) is 114 cm³/mol. The number of carbonyl (C=O) groups is 2. The van der Waals surface area contributed by atoms with Crippen molar-refractivity contribution in [1.29, 1.82) is 0 Å². The molecule has 6 heteroatoms. The van der Waals surface area contributed by atoms with Crippen LogP contribution in [0.25, 0.3) is 0 Å². The van der Waals surface area contributed by atoms with Crippen LogP contribution in [-0.4, -0.2) is 38.1 Å². The molecule has 0 aliphatic heterocycles. The molecule has 6 nitrogen and oxygen atoms in total. The minimum absolute atomic E-state index is 0.0462. The van der Waals surface area contributed by atoms with E-state index in [2.05, 4.69) is 31.4 Å². The van der Waals surface area contributed by atoms with Crippen LogP contribution in [0.5, 0.6) is 11.5 Å². The predicted octanol–water partition coefficient (Wildman–Crippen LogP) is 3.31. The van der Waals surface area contributed by atoms with Gasteiger partial charge in [-0.05, 0) is 42.2 Å². The summed E-state index contributed by atoms with van der Waals surface area (Å²) in [6.07, 6.45) is 0. The minimum atomic E-state index is -0.264. The van der Waals surface area contributed by atoms with Crippen LogP contribution in [0, 0.1) is 0 Å². The number of hydrogen-bond acceptors (Lipinski definition) is 4. The Labute approximate surface area is 172 Å². The molecule has 2 aromatic carbocycles. The van der Waals surface area contributed by atoms with Gasteiger partial charge in [0.05, 0.1) is 6.61 Å². The van der Waals surface area contributed by atoms with Gasteiger partial charge in [0.2, 0.25) is 0 Å². The van der Waals surface area contributed by atoms with E-state index in [1.807, 2.05) is 43.3 Å². The molecule has 0 aliphatic carbocycles. The van der Waals surface area contributed by atoms with E-state index in [4.69, 9.17) is 9.47 Å². The first-order chi connectivity index (χ1) is 13.8. The van der Waals surface area contributed by atoms with Crippen molar-refractivity contribution in [2.24, 2.45) is 0 Å². The van der Waals surface area contributed by atoms with Crippen LogP contribution in [0.3, 0.4) is 0 Å². The standard InChI is InChI=1S/C23H30N2O4/c1-5-28-19-8-6-7-9-20(19)29-16-21(26)24-14-15-25-22(27)17-10-12-18(13-11-17)23(2,3)4/h6-13H,5,14-16H2,1-4H3,(H,24,26)(H,25,27). The molecule has 0 aliphatic rings. The van der Waals surface area contributed by atoms with Crippen molar-refractivity contribution in [2.75, 3.05) is 26.3 Å². The lowest BCUT2D eigenvalue weighted by atomic mass is 9.87. The maximum absolute atomic E-state index is 12.2. The molecule has 29 heavy (non-hydrogen) atoms. The van der Waals surface area contributed by atoms with Crippen molar-refractivity contribution < 1.29 is 19.1 Å². The van der Waals surface area contributed by atoms with E-state index in [1.54, 1.807) is 12.1 Å². The second-order valence-electron chi connectivity index (χ2n) is 7.60. The smallest absolute Gasteiger partial charge is 0.258 e. The lowest BCUT2D eigenvalue weighted by Crippen LogP contribution is -2.36. The minimum Gasteiger partial charge on any atom is -0.490 e. The Morgan fingerprint density at radius 3 is 2.03 bits per heavy atom. The van der Waals surface area contributed by atoms with E-state index in [9.17, 15) is 9.59 Å². The fraction of sp³-hybridized carbons (Fsp3) is 0.391. The van der Waals surface area contributed by atoms with Gasteiger partial charge in [0, 0.05) is 18.7 Å². The van der Waals surface area contributed by atoms with Crippen LogP contribution >= 0.6 is 0 Å². The number of nitrogens with one attached hydrogen (secondary N) is 2. The molecule has 0 atom stereocenters. The fourth-order valence-electron chi connectivity index (χ4n) is 2.64. The summed E-state index contributed by atoms with van der Waals surface area (Å²) in [5.74, 6) is 0.700. The first-order valence-electron chi connectivity index (χ1n) is 9.81. The van der Waals surface area contributed by atoms with Crippen molar-refractivity contribution in [3.8, 4) is 11.5 Å². The lowest BCUT2D eigenvalue weighted by Gasteiger charge is -2.19. The van der Waals surface area contributed by atoms with Crippen LogP contribution in [0.4, 0.5) is 0 Å². The highest BCUT2D eigenvalue weighted by Crippen LogP contribution is 2.26. The van der Waals surface area contributed by atoms with Gasteiger partial charge in [-0.1, -0.05) is 45.0 Å². The largest absolute Gasteiger partial charge is 0.490 e. The van der Waals surface area contributed by atoms with Gasteiger partial charge in [-0.15, -0.1) is 0 Å². The average Bonchev–Trinajstić information content (AvgIpc) is 2.70. The highest BCUT2D eigenvalue weighted by Gasteiger charge is 2.14. The average molecular weight is 399 g/mol. The van der Waals surface area contributed by atoms with E-state index < -0.39 is 0 Å². The van der Waals surface area contributed by atoms with Crippen molar-refractivity contribution >= 4 is 11.8 Å². The van der Waals surface area contributed by atoms with Gasteiger partial charge in [-0.3, -0.25) is 9.59 Å². The van der Waals surface area contributed by atoms with Crippen LogP contribution in [0.15, 0.2) is 48.5 Å². The number of para-hydroxylation sites is 2. The zero-order chi connectivity index (χ0) is 21.3. The molecular weight excluding hydrogens is 368 g/mol. The van der Waals surface area contributed by atoms with Crippen LogP contribution in [-0.2, 0) is 10.2 Å². The van der Waals surface area contributed by atoms with Crippen molar-refractivity contribution in [3.63, 3.8) is 0 Å². The van der Waals surface area contributed by atoms with Gasteiger partial charge in [-0.25, -0.2) is 0 Å². The number of benzene rings is 2. The quantitative estimate of drug-likeness (QED) is 0.636. The highest BCUT2D eigenvalue weighted by molar-refractivity contribution is 5.94. The van der Waals surface area contributed by atoms with Crippen LogP contribution < -0.4 is 20.1 Å². The molecule has 0 unspecified atom stereocenters. The highest BCUT2D eigenvalue weighted by atomic mass is 16.5. The molecule has 2 amide bonds. The summed E-state index contributed by atoms with van der Waals surface area (Å²) in [6, 6.07) is 14.8. The van der Waals surface area contributed by atoms with Crippen molar-refractivity contribution in [2.45, 2.75) is 33.1 Å². The second kappa shape index (κ2) is 10.5. The van der Waals surface area contributed by atoms with Gasteiger partial charge >= 0.3 is 0 Å². The van der Waals surface area contributed by atoms with Gasteiger partial charge in [-0.2, -0.15) is 0 Å². The first kappa shape index (κ1) is 22.3. The Morgan fingerprint density at radius 2 is 1.45 bits per heavy atom. The Bertz CT molecular complexity index is 810. The first-order valence-corrected chi connectivity index (χ1v) is 9.81. The third kappa shape index (κ3) is 7.14. The molecule has 2 N–H and O–H groups in total. The Hall–Kier alpha value is -3.02. The van der Waals surface area contributed by atoms with Crippen LogP contribution in [0.2, 0.25) is 0 Å². The Morgan fingerprint density at radius 1 is 0.862 bits per heavy atom. The zero-order valence-corrected chi connectivity index (χ0v) is 17.6. The molecule has 0 radical (unpaired) electrons. The number of carbonyl (C=O) groups excluding carboxylic acids is 2. The molecule has 2 aromatic rings. The van der Waals surface area contributed by atoms with E-state index >= 15 is 0 Å². The van der Waals surface area contributed by atoms with E-state index in [-0.39, 0.29) is 23.8 Å². The van der Waals surface area contributed by atoms with E-state index in [0.29, 0.717) is 36.8 Å². The maximum Gasteiger partial charge on any atom is 0.258 e. The third-order valence-electron chi connectivity index (χ3n) is 4.25. The molecule has 0 saturated carbocycles. The number of hydrogen-bond donors (Lipinski definition) is 2. The normalized spacial score (nSPS) is 10.9. The van der Waals surface area contributed by atoms with E-state index in [1.165, 1.54) is 5.56 Å². The molecule has 0 fully saturated rings. The molecule has 0 spiro atoms. The molecule has 2 rings (SSSR count). The monoisotopic (exact) mass is 398 g/mol. The fourth-order valence-corrected chi connectivity index (χ4v) is 2.64. The third-order valence-corrected chi connectivity index (χ3v) is 4.25. The summed E-state index contributed by atoms with van der Waals surface area (Å²) in [5.41, 5.74) is 1.82. The summed E-state index contributed by atoms with van der Waals surface area (Å²) < 4.78 is 11.0. The number of rotatable bonds is 9.